The predicted molar refractivity (Wildman–Crippen MR) is 75.5 cm³/mol. The van der Waals surface area contributed by atoms with Crippen LogP contribution in [-0.2, 0) is 6.42 Å². The number of nitrogens with two attached hydrogens (primary N) is 1. The predicted octanol–water partition coefficient (Wildman–Crippen LogP) is 2.95. The lowest BCUT2D eigenvalue weighted by atomic mass is 10.1. The van der Waals surface area contributed by atoms with Crippen LogP contribution in [0.1, 0.15) is 22.5 Å². The summed E-state index contributed by atoms with van der Waals surface area (Å²) in [6.45, 7) is 6.61. The second kappa shape index (κ2) is 5.12. The Morgan fingerprint density at radius 2 is 2.00 bits per heavy atom. The van der Waals surface area contributed by atoms with Crippen molar-refractivity contribution in [3.8, 4) is 5.69 Å². The third-order valence-electron chi connectivity index (χ3n) is 3.08. The molecule has 0 amide bonds. The smallest absolute Gasteiger partial charge is 0.0848 e. The molecule has 0 saturated heterocycles. The fourth-order valence-electron chi connectivity index (χ4n) is 2.13. The summed E-state index contributed by atoms with van der Waals surface area (Å²) < 4.78 is 1.90. The van der Waals surface area contributed by atoms with Gasteiger partial charge >= 0.3 is 0 Å². The molecule has 0 aliphatic carbocycles. The van der Waals surface area contributed by atoms with Crippen molar-refractivity contribution in [2.45, 2.75) is 27.2 Å². The van der Waals surface area contributed by atoms with E-state index in [1.54, 1.807) is 0 Å². The third-order valence-corrected chi connectivity index (χ3v) is 3.63. The van der Waals surface area contributed by atoms with Crippen molar-refractivity contribution in [3.63, 3.8) is 0 Å². The van der Waals surface area contributed by atoms with E-state index in [2.05, 4.69) is 30.2 Å². The molecular weight excluding hydrogens is 246 g/mol. The van der Waals surface area contributed by atoms with Crippen LogP contribution < -0.4 is 5.73 Å². The Labute approximate surface area is 113 Å². The van der Waals surface area contributed by atoms with Crippen LogP contribution in [0.15, 0.2) is 18.2 Å². The van der Waals surface area contributed by atoms with E-state index in [0.29, 0.717) is 6.54 Å². The fourth-order valence-corrected chi connectivity index (χ4v) is 2.25. The Kier molecular flexibility index (Phi) is 3.73. The van der Waals surface area contributed by atoms with Crippen LogP contribution in [0.3, 0.4) is 0 Å². The first-order chi connectivity index (χ1) is 8.54. The van der Waals surface area contributed by atoms with E-state index >= 15 is 0 Å². The molecule has 0 fully saturated rings. The minimum atomic E-state index is 0.628. The van der Waals surface area contributed by atoms with E-state index in [1.165, 1.54) is 11.1 Å². The topological polar surface area (TPSA) is 43.8 Å². The Balaban J connectivity index is 2.59. The summed E-state index contributed by atoms with van der Waals surface area (Å²) >= 11 is 6.20. The minimum Gasteiger partial charge on any atom is -0.330 e. The standard InChI is InChI=1S/C14H18ClN3/c1-9-4-5-13(12(8-9)6-7-16)18-11(3)14(15)10(2)17-18/h4-5,8H,6-7,16H2,1-3H3. The Morgan fingerprint density at radius 3 is 2.56 bits per heavy atom. The number of aromatic nitrogens is 2. The van der Waals surface area contributed by atoms with E-state index < -0.39 is 0 Å². The van der Waals surface area contributed by atoms with Crippen LogP contribution in [0, 0.1) is 20.8 Å². The molecule has 0 aliphatic rings. The van der Waals surface area contributed by atoms with Gasteiger partial charge in [-0.3, -0.25) is 0 Å². The molecule has 0 spiro atoms. The van der Waals surface area contributed by atoms with Crippen molar-refractivity contribution in [2.75, 3.05) is 6.54 Å². The van der Waals surface area contributed by atoms with Gasteiger partial charge in [-0.05, 0) is 45.4 Å². The fraction of sp³-hybridized carbons (Fsp3) is 0.357. The number of hydrogen-bond donors (Lipinski definition) is 1. The number of rotatable bonds is 3. The second-order valence-corrected chi connectivity index (χ2v) is 4.95. The molecule has 4 heteroatoms. The highest BCUT2D eigenvalue weighted by atomic mass is 35.5. The monoisotopic (exact) mass is 263 g/mol. The maximum Gasteiger partial charge on any atom is 0.0848 e. The molecule has 96 valence electrons. The summed E-state index contributed by atoms with van der Waals surface area (Å²) in [5.41, 5.74) is 11.0. The van der Waals surface area contributed by atoms with Crippen LogP contribution in [0.4, 0.5) is 0 Å². The van der Waals surface area contributed by atoms with Gasteiger partial charge in [-0.1, -0.05) is 29.3 Å². The van der Waals surface area contributed by atoms with Gasteiger partial charge in [0.15, 0.2) is 0 Å². The Bertz CT molecular complexity index is 573. The molecule has 0 radical (unpaired) electrons. The number of nitrogens with zero attached hydrogens (tertiary/aromatic N) is 2. The van der Waals surface area contributed by atoms with Gasteiger partial charge in [-0.15, -0.1) is 0 Å². The van der Waals surface area contributed by atoms with Gasteiger partial charge in [0, 0.05) is 0 Å². The van der Waals surface area contributed by atoms with Gasteiger partial charge in [0.2, 0.25) is 0 Å². The van der Waals surface area contributed by atoms with Gasteiger partial charge < -0.3 is 5.73 Å². The molecule has 0 bridgehead atoms. The first-order valence-corrected chi connectivity index (χ1v) is 6.44. The Morgan fingerprint density at radius 1 is 1.28 bits per heavy atom. The van der Waals surface area contributed by atoms with Crippen LogP contribution in [0.25, 0.3) is 5.69 Å². The zero-order chi connectivity index (χ0) is 13.3. The maximum atomic E-state index is 6.20. The van der Waals surface area contributed by atoms with Crippen molar-refractivity contribution in [1.82, 2.24) is 9.78 Å². The highest BCUT2D eigenvalue weighted by molar-refractivity contribution is 6.31. The molecule has 0 saturated carbocycles. The van der Waals surface area contributed by atoms with E-state index in [1.807, 2.05) is 18.5 Å². The molecule has 0 atom stereocenters. The van der Waals surface area contributed by atoms with E-state index in [9.17, 15) is 0 Å². The maximum absolute atomic E-state index is 6.20. The molecule has 2 rings (SSSR count). The second-order valence-electron chi connectivity index (χ2n) is 4.57. The lowest BCUT2D eigenvalue weighted by Crippen LogP contribution is -2.09. The van der Waals surface area contributed by atoms with Crippen molar-refractivity contribution >= 4 is 11.6 Å². The molecule has 2 aromatic rings. The summed E-state index contributed by atoms with van der Waals surface area (Å²) in [5, 5.41) is 5.23. The van der Waals surface area contributed by atoms with Gasteiger partial charge in [0.1, 0.15) is 0 Å². The lowest BCUT2D eigenvalue weighted by Gasteiger charge is -2.11. The average Bonchev–Trinajstić information content (AvgIpc) is 2.58. The van der Waals surface area contributed by atoms with E-state index in [4.69, 9.17) is 17.3 Å². The molecular formula is C14H18ClN3. The number of hydrogen-bond acceptors (Lipinski definition) is 2. The van der Waals surface area contributed by atoms with E-state index in [-0.39, 0.29) is 0 Å². The zero-order valence-corrected chi connectivity index (χ0v) is 11.8. The summed E-state index contributed by atoms with van der Waals surface area (Å²) in [6, 6.07) is 6.32. The van der Waals surface area contributed by atoms with Crippen LogP contribution >= 0.6 is 11.6 Å². The van der Waals surface area contributed by atoms with Gasteiger partial charge in [0.25, 0.3) is 0 Å². The molecule has 2 N–H and O–H groups in total. The molecule has 1 aromatic heterocycles. The zero-order valence-electron chi connectivity index (χ0n) is 11.0. The molecule has 0 aliphatic heterocycles. The largest absolute Gasteiger partial charge is 0.330 e. The summed E-state index contributed by atoms with van der Waals surface area (Å²) in [6.07, 6.45) is 0.840. The van der Waals surface area contributed by atoms with Crippen molar-refractivity contribution < 1.29 is 0 Å². The summed E-state index contributed by atoms with van der Waals surface area (Å²) in [4.78, 5) is 0. The molecule has 3 nitrogen and oxygen atoms in total. The molecule has 1 aromatic carbocycles. The normalized spacial score (nSPS) is 10.9. The molecule has 18 heavy (non-hydrogen) atoms. The lowest BCUT2D eigenvalue weighted by molar-refractivity contribution is 0.813. The van der Waals surface area contributed by atoms with Crippen molar-refractivity contribution in [2.24, 2.45) is 5.73 Å². The summed E-state index contributed by atoms with van der Waals surface area (Å²) in [5.74, 6) is 0. The van der Waals surface area contributed by atoms with Crippen LogP contribution in [0.5, 0.6) is 0 Å². The molecule has 0 unspecified atom stereocenters. The average molecular weight is 264 g/mol. The van der Waals surface area contributed by atoms with Gasteiger partial charge in [0.05, 0.1) is 22.1 Å². The number of benzene rings is 1. The highest BCUT2D eigenvalue weighted by Gasteiger charge is 2.13. The number of halogens is 1. The van der Waals surface area contributed by atoms with Gasteiger partial charge in [-0.2, -0.15) is 5.10 Å². The van der Waals surface area contributed by atoms with Gasteiger partial charge in [-0.25, -0.2) is 4.68 Å². The third kappa shape index (κ3) is 2.28. The van der Waals surface area contributed by atoms with Crippen molar-refractivity contribution in [3.05, 3.63) is 45.7 Å². The Hall–Kier alpha value is -1.32. The number of aryl methyl sites for hydroxylation is 2. The highest BCUT2D eigenvalue weighted by Crippen LogP contribution is 2.25. The van der Waals surface area contributed by atoms with E-state index in [0.717, 1.165) is 28.5 Å². The quantitative estimate of drug-likeness (QED) is 0.925. The van der Waals surface area contributed by atoms with Crippen LogP contribution in [0.2, 0.25) is 5.02 Å². The van der Waals surface area contributed by atoms with Crippen LogP contribution in [-0.4, -0.2) is 16.3 Å². The summed E-state index contributed by atoms with van der Waals surface area (Å²) in [7, 11) is 0. The first kappa shape index (κ1) is 13.1. The van der Waals surface area contributed by atoms with Crippen molar-refractivity contribution in [1.29, 1.82) is 0 Å². The first-order valence-electron chi connectivity index (χ1n) is 6.06. The SMILES string of the molecule is Cc1ccc(-n2nc(C)c(Cl)c2C)c(CCN)c1. The molecule has 1 heterocycles. The minimum absolute atomic E-state index is 0.628.